The second-order valence-corrected chi connectivity index (χ2v) is 5.97. The van der Waals surface area contributed by atoms with E-state index in [2.05, 4.69) is 4.74 Å². The number of carbonyl (C=O) groups excluding carboxylic acids is 3. The normalized spacial score (nSPS) is 23.7. The Morgan fingerprint density at radius 2 is 1.83 bits per heavy atom. The van der Waals surface area contributed by atoms with E-state index in [4.69, 9.17) is 5.11 Å². The summed E-state index contributed by atoms with van der Waals surface area (Å²) in [5.41, 5.74) is 0. The van der Waals surface area contributed by atoms with Crippen molar-refractivity contribution in [1.82, 2.24) is 0 Å². The summed E-state index contributed by atoms with van der Waals surface area (Å²) in [6, 6.07) is 0. The molecule has 0 spiro atoms. The lowest BCUT2D eigenvalue weighted by Crippen LogP contribution is -2.26. The molecule has 0 amide bonds. The smallest absolute Gasteiger partial charge is 0.372 e. The van der Waals surface area contributed by atoms with Gasteiger partial charge in [-0.3, -0.25) is 14.4 Å². The summed E-state index contributed by atoms with van der Waals surface area (Å²) >= 11 is 0. The molecule has 0 heterocycles. The predicted molar refractivity (Wildman–Crippen MR) is 79.6 cm³/mol. The molecule has 0 unspecified atom stereocenters. The fourth-order valence-corrected chi connectivity index (χ4v) is 3.06. The highest BCUT2D eigenvalue weighted by atomic mass is 16.5. The van der Waals surface area contributed by atoms with Gasteiger partial charge >= 0.3 is 11.9 Å². The van der Waals surface area contributed by atoms with Gasteiger partial charge in [0, 0.05) is 31.1 Å². The van der Waals surface area contributed by atoms with Crippen molar-refractivity contribution < 1.29 is 34.1 Å². The third-order valence-electron chi connectivity index (χ3n) is 4.37. The molecule has 130 valence electrons. The molecule has 0 saturated heterocycles. The number of esters is 1. The predicted octanol–water partition coefficient (Wildman–Crippen LogP) is 1.11. The lowest BCUT2D eigenvalue weighted by molar-refractivity contribution is -0.150. The molecule has 1 aliphatic carbocycles. The number of methoxy groups -OCH3 is 1. The van der Waals surface area contributed by atoms with E-state index < -0.39 is 29.7 Å². The van der Waals surface area contributed by atoms with Crippen LogP contribution in [0, 0.1) is 11.8 Å². The molecule has 23 heavy (non-hydrogen) atoms. The fourth-order valence-electron chi connectivity index (χ4n) is 3.06. The van der Waals surface area contributed by atoms with E-state index >= 15 is 0 Å². The summed E-state index contributed by atoms with van der Waals surface area (Å²) < 4.78 is 4.54. The summed E-state index contributed by atoms with van der Waals surface area (Å²) in [6.07, 6.45) is 2.78. The van der Waals surface area contributed by atoms with Crippen LogP contribution in [0.1, 0.15) is 51.4 Å². The number of aliphatic carboxylic acids is 1. The van der Waals surface area contributed by atoms with Gasteiger partial charge in [0.25, 0.3) is 0 Å². The van der Waals surface area contributed by atoms with Crippen LogP contribution in [0.5, 0.6) is 0 Å². The van der Waals surface area contributed by atoms with Gasteiger partial charge in [-0.1, -0.05) is 19.3 Å². The van der Waals surface area contributed by atoms with Gasteiger partial charge in [-0.05, 0) is 12.8 Å². The second-order valence-electron chi connectivity index (χ2n) is 5.97. The third kappa shape index (κ3) is 6.09. The summed E-state index contributed by atoms with van der Waals surface area (Å²) in [5.74, 6) is -3.89. The molecule has 0 radical (unpaired) electrons. The maximum Gasteiger partial charge on any atom is 0.372 e. The van der Waals surface area contributed by atoms with Crippen molar-refractivity contribution in [3.05, 3.63) is 0 Å². The van der Waals surface area contributed by atoms with E-state index in [1.807, 2.05) is 0 Å². The minimum absolute atomic E-state index is 0.00935. The van der Waals surface area contributed by atoms with Gasteiger partial charge in [-0.15, -0.1) is 0 Å². The van der Waals surface area contributed by atoms with Crippen LogP contribution in [0.15, 0.2) is 0 Å². The molecule has 1 saturated carbocycles. The molecule has 1 fully saturated rings. The van der Waals surface area contributed by atoms with E-state index in [0.29, 0.717) is 12.8 Å². The number of carboxylic acids is 1. The number of hydrogen-bond donors (Lipinski definition) is 2. The maximum atomic E-state index is 11.9. The van der Waals surface area contributed by atoms with E-state index in [-0.39, 0.29) is 24.6 Å². The topological polar surface area (TPSA) is 118 Å². The van der Waals surface area contributed by atoms with Crippen molar-refractivity contribution in [3.8, 4) is 0 Å². The highest BCUT2D eigenvalue weighted by Crippen LogP contribution is 2.35. The quantitative estimate of drug-likeness (QED) is 0.350. The van der Waals surface area contributed by atoms with Crippen molar-refractivity contribution in [2.45, 2.75) is 57.5 Å². The number of ether oxygens (including phenoxy) is 1. The van der Waals surface area contributed by atoms with E-state index in [1.165, 1.54) is 7.11 Å². The first-order valence-electron chi connectivity index (χ1n) is 7.90. The van der Waals surface area contributed by atoms with Crippen molar-refractivity contribution >= 4 is 23.5 Å². The summed E-state index contributed by atoms with van der Waals surface area (Å²) in [4.78, 5) is 44.9. The van der Waals surface area contributed by atoms with Gasteiger partial charge < -0.3 is 14.9 Å². The Bertz CT molecular complexity index is 457. The van der Waals surface area contributed by atoms with Crippen molar-refractivity contribution in [2.24, 2.45) is 11.8 Å². The Hall–Kier alpha value is -1.76. The second kappa shape index (κ2) is 9.39. The number of rotatable bonds is 10. The minimum atomic E-state index is -1.53. The van der Waals surface area contributed by atoms with Crippen LogP contribution in [-0.4, -0.2) is 46.9 Å². The highest BCUT2D eigenvalue weighted by Gasteiger charge is 2.42. The largest absolute Gasteiger partial charge is 0.476 e. The molecule has 0 aromatic heterocycles. The number of aliphatic hydroxyl groups is 1. The van der Waals surface area contributed by atoms with Crippen molar-refractivity contribution in [3.63, 3.8) is 0 Å². The van der Waals surface area contributed by atoms with Gasteiger partial charge in [0.1, 0.15) is 5.78 Å². The van der Waals surface area contributed by atoms with Crippen LogP contribution >= 0.6 is 0 Å². The van der Waals surface area contributed by atoms with Gasteiger partial charge in [0.15, 0.2) is 0 Å². The minimum Gasteiger partial charge on any atom is -0.476 e. The standard InChI is InChI=1S/C16H24O7/c1-23-15(20)7-5-3-2-4-6-10-11(8-14(19)16(21)22)13(18)9-12(10)17/h10-11,13,18H,2-9H2,1H3,(H,21,22)/t10-,11+,13-/m1/s1. The zero-order chi connectivity index (χ0) is 17.4. The Morgan fingerprint density at radius 3 is 2.43 bits per heavy atom. The van der Waals surface area contributed by atoms with E-state index in [9.17, 15) is 24.3 Å². The van der Waals surface area contributed by atoms with Crippen LogP contribution in [-0.2, 0) is 23.9 Å². The first-order valence-corrected chi connectivity index (χ1v) is 7.90. The Kier molecular flexibility index (Phi) is 7.88. The molecule has 0 aromatic rings. The Morgan fingerprint density at radius 1 is 1.17 bits per heavy atom. The number of carboxylic acid groups (broad SMARTS) is 1. The molecule has 0 aliphatic heterocycles. The Labute approximate surface area is 135 Å². The summed E-state index contributed by atoms with van der Waals surface area (Å²) in [6.45, 7) is 0. The molecular formula is C16H24O7. The van der Waals surface area contributed by atoms with E-state index in [1.54, 1.807) is 0 Å². The molecule has 1 aliphatic rings. The molecule has 7 nitrogen and oxygen atoms in total. The van der Waals surface area contributed by atoms with Gasteiger partial charge in [0.05, 0.1) is 13.2 Å². The number of carbonyl (C=O) groups is 4. The molecule has 0 aromatic carbocycles. The monoisotopic (exact) mass is 328 g/mol. The lowest BCUT2D eigenvalue weighted by atomic mass is 9.85. The van der Waals surface area contributed by atoms with Crippen LogP contribution in [0.25, 0.3) is 0 Å². The number of aliphatic hydroxyl groups excluding tert-OH is 1. The lowest BCUT2D eigenvalue weighted by Gasteiger charge is -2.19. The van der Waals surface area contributed by atoms with Crippen LogP contribution in [0.4, 0.5) is 0 Å². The Balaban J connectivity index is 2.37. The summed E-state index contributed by atoms with van der Waals surface area (Å²) in [7, 11) is 1.35. The molecule has 0 bridgehead atoms. The zero-order valence-electron chi connectivity index (χ0n) is 13.3. The molecule has 1 rings (SSSR count). The first kappa shape index (κ1) is 19.3. The average molecular weight is 328 g/mol. The zero-order valence-corrected chi connectivity index (χ0v) is 13.3. The maximum absolute atomic E-state index is 11.9. The third-order valence-corrected chi connectivity index (χ3v) is 4.37. The fraction of sp³-hybridized carbons (Fsp3) is 0.750. The first-order chi connectivity index (χ1) is 10.9. The molecule has 7 heteroatoms. The number of ketones is 2. The number of unbranched alkanes of at least 4 members (excludes halogenated alkanes) is 3. The molecule has 2 N–H and O–H groups in total. The number of hydrogen-bond acceptors (Lipinski definition) is 6. The SMILES string of the molecule is COC(=O)CCCCCC[C@H]1C(=O)C[C@@H](O)[C@H]1CC(=O)C(=O)O. The van der Waals surface area contributed by atoms with Crippen molar-refractivity contribution in [1.29, 1.82) is 0 Å². The van der Waals surface area contributed by atoms with Crippen molar-refractivity contribution in [2.75, 3.05) is 7.11 Å². The van der Waals surface area contributed by atoms with Gasteiger partial charge in [-0.2, -0.15) is 0 Å². The van der Waals surface area contributed by atoms with Crippen LogP contribution in [0.2, 0.25) is 0 Å². The van der Waals surface area contributed by atoms with Crippen LogP contribution in [0.3, 0.4) is 0 Å². The van der Waals surface area contributed by atoms with Crippen LogP contribution < -0.4 is 0 Å². The average Bonchev–Trinajstić information content (AvgIpc) is 2.76. The van der Waals surface area contributed by atoms with Gasteiger partial charge in [0.2, 0.25) is 5.78 Å². The molecule has 3 atom stereocenters. The van der Waals surface area contributed by atoms with E-state index in [0.717, 1.165) is 25.7 Å². The van der Waals surface area contributed by atoms with Gasteiger partial charge in [-0.25, -0.2) is 4.79 Å². The number of Topliss-reactive ketones (excluding diaryl/α,β-unsaturated/α-hetero) is 2. The molecular weight excluding hydrogens is 304 g/mol. The highest BCUT2D eigenvalue weighted by molar-refractivity contribution is 6.32. The summed E-state index contributed by atoms with van der Waals surface area (Å²) in [5, 5.41) is 18.5.